The Hall–Kier alpha value is -2.67. The van der Waals surface area contributed by atoms with E-state index in [-0.39, 0.29) is 18.4 Å². The molecule has 3 aromatic rings. The SMILES string of the molecule is CCCC(=O)NCCCc1nc2ccccc2n1CC(=O)Nc1cccc(Br)c1. The van der Waals surface area contributed by atoms with Crippen LogP contribution in [0.4, 0.5) is 5.69 Å². The summed E-state index contributed by atoms with van der Waals surface area (Å²) in [5.74, 6) is 0.818. The number of imidazole rings is 1. The summed E-state index contributed by atoms with van der Waals surface area (Å²) in [6, 6.07) is 15.3. The molecule has 1 aromatic heterocycles. The standard InChI is InChI=1S/C22H25BrN4O2/c1-2-7-21(28)24-13-6-12-20-26-18-10-3-4-11-19(18)27(20)15-22(29)25-17-9-5-8-16(23)14-17/h3-5,8-11,14H,2,6-7,12-13,15H2,1H3,(H,24,28)(H,25,29). The van der Waals surface area contributed by atoms with Crippen LogP contribution in [0.2, 0.25) is 0 Å². The maximum atomic E-state index is 12.6. The van der Waals surface area contributed by atoms with Crippen LogP contribution in [0, 0.1) is 0 Å². The predicted molar refractivity (Wildman–Crippen MR) is 119 cm³/mol. The first kappa shape index (κ1) is 21.0. The van der Waals surface area contributed by atoms with Crippen LogP contribution in [-0.4, -0.2) is 27.9 Å². The fraction of sp³-hybridized carbons (Fsp3) is 0.318. The third-order valence-corrected chi connectivity index (χ3v) is 5.01. The number of nitrogens with zero attached hydrogens (tertiary/aromatic N) is 2. The first-order valence-corrected chi connectivity index (χ1v) is 10.6. The molecule has 2 amide bonds. The van der Waals surface area contributed by atoms with E-state index in [1.54, 1.807) is 0 Å². The Bertz CT molecular complexity index is 999. The van der Waals surface area contributed by atoms with Gasteiger partial charge < -0.3 is 15.2 Å². The molecule has 152 valence electrons. The second kappa shape index (κ2) is 10.2. The molecule has 3 rings (SSSR count). The quantitative estimate of drug-likeness (QED) is 0.471. The Morgan fingerprint density at radius 1 is 1.10 bits per heavy atom. The smallest absolute Gasteiger partial charge is 0.244 e. The topological polar surface area (TPSA) is 76.0 Å². The fourth-order valence-corrected chi connectivity index (χ4v) is 3.59. The summed E-state index contributed by atoms with van der Waals surface area (Å²) in [7, 11) is 0. The molecule has 2 aromatic carbocycles. The van der Waals surface area contributed by atoms with Gasteiger partial charge in [0, 0.05) is 29.5 Å². The summed E-state index contributed by atoms with van der Waals surface area (Å²) < 4.78 is 2.87. The zero-order chi connectivity index (χ0) is 20.6. The number of carbonyl (C=O) groups excluding carboxylic acids is 2. The third kappa shape index (κ3) is 5.90. The molecule has 0 saturated carbocycles. The number of hydrogen-bond acceptors (Lipinski definition) is 3. The lowest BCUT2D eigenvalue weighted by molar-refractivity contribution is -0.121. The van der Waals surface area contributed by atoms with E-state index >= 15 is 0 Å². The number of carbonyl (C=O) groups is 2. The molecule has 0 fully saturated rings. The molecule has 1 heterocycles. The van der Waals surface area contributed by atoms with Crippen molar-refractivity contribution in [3.8, 4) is 0 Å². The van der Waals surface area contributed by atoms with Gasteiger partial charge in [-0.05, 0) is 43.2 Å². The van der Waals surface area contributed by atoms with E-state index in [0.29, 0.717) is 19.4 Å². The number of aryl methyl sites for hydroxylation is 1. The molecule has 0 aliphatic carbocycles. The summed E-state index contributed by atoms with van der Waals surface area (Å²) in [6.07, 6.45) is 2.85. The number of benzene rings is 2. The minimum absolute atomic E-state index is 0.0782. The van der Waals surface area contributed by atoms with Crippen LogP contribution in [0.3, 0.4) is 0 Å². The lowest BCUT2D eigenvalue weighted by Crippen LogP contribution is -2.25. The van der Waals surface area contributed by atoms with Gasteiger partial charge in [-0.25, -0.2) is 4.98 Å². The highest BCUT2D eigenvalue weighted by atomic mass is 79.9. The third-order valence-electron chi connectivity index (χ3n) is 4.52. The lowest BCUT2D eigenvalue weighted by Gasteiger charge is -2.11. The van der Waals surface area contributed by atoms with Gasteiger partial charge in [0.15, 0.2) is 0 Å². The number of rotatable bonds is 9. The van der Waals surface area contributed by atoms with Gasteiger partial charge >= 0.3 is 0 Å². The van der Waals surface area contributed by atoms with E-state index < -0.39 is 0 Å². The molecule has 29 heavy (non-hydrogen) atoms. The minimum Gasteiger partial charge on any atom is -0.356 e. The molecule has 0 aliphatic heterocycles. The fourth-order valence-electron chi connectivity index (χ4n) is 3.19. The van der Waals surface area contributed by atoms with E-state index in [4.69, 9.17) is 4.98 Å². The molecule has 0 saturated heterocycles. The Morgan fingerprint density at radius 2 is 1.93 bits per heavy atom. The van der Waals surface area contributed by atoms with Crippen LogP contribution >= 0.6 is 15.9 Å². The maximum absolute atomic E-state index is 12.6. The Balaban J connectivity index is 1.69. The van der Waals surface area contributed by atoms with Gasteiger partial charge in [-0.3, -0.25) is 9.59 Å². The maximum Gasteiger partial charge on any atom is 0.244 e. The highest BCUT2D eigenvalue weighted by Crippen LogP contribution is 2.19. The summed E-state index contributed by atoms with van der Waals surface area (Å²) in [6.45, 7) is 2.78. The van der Waals surface area contributed by atoms with Gasteiger partial charge in [-0.15, -0.1) is 0 Å². The number of halogens is 1. The van der Waals surface area contributed by atoms with Gasteiger partial charge in [0.05, 0.1) is 11.0 Å². The number of para-hydroxylation sites is 2. The predicted octanol–water partition coefficient (Wildman–Crippen LogP) is 4.29. The second-order valence-corrected chi connectivity index (χ2v) is 7.78. The van der Waals surface area contributed by atoms with Crippen LogP contribution < -0.4 is 10.6 Å². The van der Waals surface area contributed by atoms with Gasteiger partial charge in [-0.2, -0.15) is 0 Å². The summed E-state index contributed by atoms with van der Waals surface area (Å²) >= 11 is 3.42. The lowest BCUT2D eigenvalue weighted by atomic mass is 10.2. The van der Waals surface area contributed by atoms with Gasteiger partial charge in [0.2, 0.25) is 11.8 Å². The van der Waals surface area contributed by atoms with Crippen molar-refractivity contribution in [2.75, 3.05) is 11.9 Å². The van der Waals surface area contributed by atoms with E-state index in [2.05, 4.69) is 26.6 Å². The molecule has 7 heteroatoms. The molecule has 0 radical (unpaired) electrons. The number of fused-ring (bicyclic) bond motifs is 1. The Morgan fingerprint density at radius 3 is 2.72 bits per heavy atom. The van der Waals surface area contributed by atoms with Crippen molar-refractivity contribution >= 4 is 44.5 Å². The monoisotopic (exact) mass is 456 g/mol. The van der Waals surface area contributed by atoms with Crippen molar-refractivity contribution in [3.05, 3.63) is 58.8 Å². The number of amides is 2. The summed E-state index contributed by atoms with van der Waals surface area (Å²) in [5, 5.41) is 5.86. The van der Waals surface area contributed by atoms with Crippen LogP contribution in [0.15, 0.2) is 53.0 Å². The first-order chi connectivity index (χ1) is 14.1. The van der Waals surface area contributed by atoms with Crippen LogP contribution in [0.25, 0.3) is 11.0 Å². The van der Waals surface area contributed by atoms with Gasteiger partial charge in [0.25, 0.3) is 0 Å². The normalized spacial score (nSPS) is 10.8. The molecule has 0 aliphatic rings. The van der Waals surface area contributed by atoms with E-state index in [9.17, 15) is 9.59 Å². The number of anilines is 1. The zero-order valence-corrected chi connectivity index (χ0v) is 18.0. The highest BCUT2D eigenvalue weighted by Gasteiger charge is 2.14. The number of hydrogen-bond donors (Lipinski definition) is 2. The van der Waals surface area contributed by atoms with E-state index in [0.717, 1.165) is 39.9 Å². The van der Waals surface area contributed by atoms with Crippen LogP contribution in [-0.2, 0) is 22.6 Å². The molecule has 6 nitrogen and oxygen atoms in total. The summed E-state index contributed by atoms with van der Waals surface area (Å²) in [5.41, 5.74) is 2.55. The molecular formula is C22H25BrN4O2. The van der Waals surface area contributed by atoms with Gasteiger partial charge in [0.1, 0.15) is 12.4 Å². The van der Waals surface area contributed by atoms with Crippen LogP contribution in [0.5, 0.6) is 0 Å². The Kier molecular flexibility index (Phi) is 7.41. The minimum atomic E-state index is -0.108. The number of aromatic nitrogens is 2. The Labute approximate surface area is 178 Å². The number of nitrogens with one attached hydrogen (secondary N) is 2. The largest absolute Gasteiger partial charge is 0.356 e. The first-order valence-electron chi connectivity index (χ1n) is 9.83. The second-order valence-electron chi connectivity index (χ2n) is 6.86. The van der Waals surface area contributed by atoms with E-state index in [1.165, 1.54) is 0 Å². The summed E-state index contributed by atoms with van der Waals surface area (Å²) in [4.78, 5) is 29.0. The van der Waals surface area contributed by atoms with Crippen molar-refractivity contribution in [2.24, 2.45) is 0 Å². The van der Waals surface area contributed by atoms with Crippen molar-refractivity contribution in [2.45, 2.75) is 39.2 Å². The molecule has 0 unspecified atom stereocenters. The molecule has 2 N–H and O–H groups in total. The molecule has 0 bridgehead atoms. The van der Waals surface area contributed by atoms with Gasteiger partial charge in [-0.1, -0.05) is 41.1 Å². The molecular weight excluding hydrogens is 432 g/mol. The van der Waals surface area contributed by atoms with Crippen molar-refractivity contribution in [1.29, 1.82) is 0 Å². The van der Waals surface area contributed by atoms with Crippen molar-refractivity contribution in [1.82, 2.24) is 14.9 Å². The van der Waals surface area contributed by atoms with E-state index in [1.807, 2.05) is 60.0 Å². The van der Waals surface area contributed by atoms with Crippen molar-refractivity contribution in [3.63, 3.8) is 0 Å². The van der Waals surface area contributed by atoms with Crippen LogP contribution in [0.1, 0.15) is 32.0 Å². The molecule has 0 spiro atoms. The molecule has 0 atom stereocenters. The highest BCUT2D eigenvalue weighted by molar-refractivity contribution is 9.10. The zero-order valence-electron chi connectivity index (χ0n) is 16.5. The van der Waals surface area contributed by atoms with Crippen molar-refractivity contribution < 1.29 is 9.59 Å². The average Bonchev–Trinajstić information content (AvgIpc) is 3.03. The average molecular weight is 457 g/mol.